The van der Waals surface area contributed by atoms with Gasteiger partial charge in [0.15, 0.2) is 6.29 Å². The summed E-state index contributed by atoms with van der Waals surface area (Å²) >= 11 is 0. The highest BCUT2D eigenvalue weighted by atomic mass is 32.0. The summed E-state index contributed by atoms with van der Waals surface area (Å²) in [5.74, 6) is 0. The largest absolute Gasteiger partial charge is 0.346 e. The van der Waals surface area contributed by atoms with Crippen molar-refractivity contribution in [1.82, 2.24) is 0 Å². The van der Waals surface area contributed by atoms with Gasteiger partial charge in [-0.15, -0.1) is 0 Å². The SMILES string of the molecule is C[C@H](N=P)C(C=O)OPP. The van der Waals surface area contributed by atoms with Gasteiger partial charge in [0.1, 0.15) is 6.10 Å². The maximum atomic E-state index is 10.3. The van der Waals surface area contributed by atoms with E-state index in [0.717, 1.165) is 6.29 Å². The lowest BCUT2D eigenvalue weighted by molar-refractivity contribution is -0.113. The lowest BCUT2D eigenvalue weighted by atomic mass is 10.2. The lowest BCUT2D eigenvalue weighted by Crippen LogP contribution is -2.22. The summed E-state index contributed by atoms with van der Waals surface area (Å²) in [5, 5.41) is 0. The van der Waals surface area contributed by atoms with Gasteiger partial charge in [0.05, 0.1) is 6.04 Å². The zero-order chi connectivity index (χ0) is 7.98. The Kier molecular flexibility index (Phi) is 6.68. The second kappa shape index (κ2) is 6.31. The molecule has 0 bridgehead atoms. The molecule has 0 rings (SSSR count). The third-order valence-electron chi connectivity index (χ3n) is 1.02. The number of hydrogen-bond donors (Lipinski definition) is 0. The molecule has 0 aliphatic heterocycles. The fourth-order valence-corrected chi connectivity index (χ4v) is 1.42. The van der Waals surface area contributed by atoms with Crippen LogP contribution in [0.25, 0.3) is 0 Å². The maximum absolute atomic E-state index is 10.3. The minimum Gasteiger partial charge on any atom is -0.346 e. The molecule has 0 aromatic carbocycles. The Bertz CT molecular complexity index is 121. The first-order valence-corrected chi connectivity index (χ1v) is 5.85. The molecule has 3 nitrogen and oxygen atoms in total. The Morgan fingerprint density at radius 1 is 1.90 bits per heavy atom. The van der Waals surface area contributed by atoms with Crippen LogP contribution in [0.3, 0.4) is 0 Å². The molecule has 0 fully saturated rings. The van der Waals surface area contributed by atoms with Gasteiger partial charge in [-0.1, -0.05) is 8.93 Å². The van der Waals surface area contributed by atoms with Crippen molar-refractivity contribution < 1.29 is 9.32 Å². The molecule has 10 heavy (non-hydrogen) atoms. The zero-order valence-corrected chi connectivity index (χ0v) is 8.73. The van der Waals surface area contributed by atoms with Gasteiger partial charge in [-0.3, -0.25) is 4.74 Å². The zero-order valence-electron chi connectivity index (χ0n) is 5.57. The molecule has 0 spiro atoms. The van der Waals surface area contributed by atoms with Gasteiger partial charge in [0.25, 0.3) is 0 Å². The van der Waals surface area contributed by atoms with E-state index in [2.05, 4.69) is 22.7 Å². The summed E-state index contributed by atoms with van der Waals surface area (Å²) in [6, 6.07) is -0.123. The molecule has 0 amide bonds. The van der Waals surface area contributed by atoms with Crippen LogP contribution in [0.1, 0.15) is 6.92 Å². The van der Waals surface area contributed by atoms with Crippen LogP contribution in [-0.2, 0) is 9.32 Å². The van der Waals surface area contributed by atoms with E-state index >= 15 is 0 Å². The molecule has 3 unspecified atom stereocenters. The fraction of sp³-hybridized carbons (Fsp3) is 0.750. The standard InChI is InChI=1S/C4H10NO2P3/c1-3(5-8)4(2-6)7-10-9/h2-4,8,10H,9H2,1H3/t3-,4?/m0/s1. The van der Waals surface area contributed by atoms with Crippen molar-refractivity contribution in [2.45, 2.75) is 19.1 Å². The van der Waals surface area contributed by atoms with Crippen molar-refractivity contribution in [2.75, 3.05) is 0 Å². The molecule has 0 aromatic heterocycles. The minimum atomic E-state index is -0.423. The van der Waals surface area contributed by atoms with Gasteiger partial charge < -0.3 is 9.32 Å². The van der Waals surface area contributed by atoms with Gasteiger partial charge in [-0.2, -0.15) is 0 Å². The molecule has 0 saturated carbocycles. The number of rotatable bonds is 5. The van der Waals surface area contributed by atoms with E-state index < -0.39 is 6.10 Å². The van der Waals surface area contributed by atoms with Gasteiger partial charge in [0, 0.05) is 8.50 Å². The number of hydrogen-bond acceptors (Lipinski definition) is 3. The second-order valence-corrected chi connectivity index (χ2v) is 3.14. The Morgan fingerprint density at radius 2 is 2.50 bits per heavy atom. The minimum absolute atomic E-state index is 0.123. The van der Waals surface area contributed by atoms with Crippen LogP contribution in [0.5, 0.6) is 0 Å². The Morgan fingerprint density at radius 3 is 2.80 bits per heavy atom. The van der Waals surface area contributed by atoms with E-state index in [1.54, 1.807) is 6.92 Å². The van der Waals surface area contributed by atoms with Crippen LogP contribution in [-0.4, -0.2) is 18.4 Å². The smallest absolute Gasteiger partial charge is 0.151 e. The summed E-state index contributed by atoms with van der Waals surface area (Å²) in [6.07, 6.45) is 0.332. The number of carbonyl (C=O) groups is 1. The summed E-state index contributed by atoms with van der Waals surface area (Å²) < 4.78 is 8.76. The maximum Gasteiger partial charge on any atom is 0.151 e. The first-order valence-electron chi connectivity index (χ1n) is 2.69. The molecule has 58 valence electrons. The summed E-state index contributed by atoms with van der Waals surface area (Å²) in [5.41, 5.74) is 0. The molecule has 4 atom stereocenters. The third-order valence-corrected chi connectivity index (χ3v) is 2.24. The van der Waals surface area contributed by atoms with Crippen LogP contribution in [0.4, 0.5) is 0 Å². The average Bonchev–Trinajstić information content (AvgIpc) is 1.99. The molecule has 0 aliphatic rings. The van der Waals surface area contributed by atoms with E-state index in [0.29, 0.717) is 0 Å². The average molecular weight is 197 g/mol. The van der Waals surface area contributed by atoms with Crippen LogP contribution in [0.15, 0.2) is 4.74 Å². The van der Waals surface area contributed by atoms with Crippen LogP contribution in [0, 0.1) is 0 Å². The third kappa shape index (κ3) is 3.68. The van der Waals surface area contributed by atoms with Crippen LogP contribution >= 0.6 is 26.5 Å². The predicted octanol–water partition coefficient (Wildman–Crippen LogP) is 1.67. The number of carbonyl (C=O) groups excluding carboxylic acids is 1. The Labute approximate surface area is 66.6 Å². The first-order chi connectivity index (χ1) is 4.76. The molecule has 0 heterocycles. The molecule has 6 heteroatoms. The van der Waals surface area contributed by atoms with Gasteiger partial charge >= 0.3 is 0 Å². The molecule has 0 N–H and O–H groups in total. The predicted molar refractivity (Wildman–Crippen MR) is 49.2 cm³/mol. The van der Waals surface area contributed by atoms with Crippen molar-refractivity contribution in [2.24, 2.45) is 4.74 Å². The molecular weight excluding hydrogens is 187 g/mol. The Balaban J connectivity index is 3.78. The van der Waals surface area contributed by atoms with E-state index in [4.69, 9.17) is 4.52 Å². The first kappa shape index (κ1) is 10.6. The van der Waals surface area contributed by atoms with E-state index in [1.165, 1.54) is 0 Å². The quantitative estimate of drug-likeness (QED) is 0.496. The monoisotopic (exact) mass is 197 g/mol. The summed E-state index contributed by atoms with van der Waals surface area (Å²) in [6.45, 7) is 1.80. The highest BCUT2D eigenvalue weighted by Crippen LogP contribution is 2.24. The lowest BCUT2D eigenvalue weighted by Gasteiger charge is -2.12. The highest BCUT2D eigenvalue weighted by molar-refractivity contribution is 8.00. The van der Waals surface area contributed by atoms with Crippen molar-refractivity contribution in [3.63, 3.8) is 0 Å². The van der Waals surface area contributed by atoms with E-state index in [1.807, 2.05) is 0 Å². The van der Waals surface area contributed by atoms with Crippen LogP contribution < -0.4 is 0 Å². The van der Waals surface area contributed by atoms with Crippen molar-refractivity contribution in [3.05, 3.63) is 0 Å². The van der Waals surface area contributed by atoms with Crippen LogP contribution in [0.2, 0.25) is 0 Å². The summed E-state index contributed by atoms with van der Waals surface area (Å²) in [7, 11) is 5.61. The molecule has 0 aromatic rings. The normalized spacial score (nSPS) is 17.0. The fourth-order valence-electron chi connectivity index (χ4n) is 0.392. The Hall–Kier alpha value is 0.590. The summed E-state index contributed by atoms with van der Waals surface area (Å²) in [4.78, 5) is 10.3. The number of nitrogens with zero attached hydrogens (tertiary/aromatic N) is 1. The highest BCUT2D eigenvalue weighted by Gasteiger charge is 2.13. The molecule has 0 aliphatic carbocycles. The number of aldehydes is 1. The van der Waals surface area contributed by atoms with Crippen molar-refractivity contribution >= 4 is 32.7 Å². The van der Waals surface area contributed by atoms with Gasteiger partial charge in [0.2, 0.25) is 0 Å². The molecule has 0 radical (unpaired) electrons. The van der Waals surface area contributed by atoms with Crippen molar-refractivity contribution in [3.8, 4) is 0 Å². The second-order valence-electron chi connectivity index (χ2n) is 1.71. The van der Waals surface area contributed by atoms with E-state index in [-0.39, 0.29) is 14.5 Å². The van der Waals surface area contributed by atoms with Gasteiger partial charge in [-0.25, -0.2) is 0 Å². The molecule has 0 saturated heterocycles. The topological polar surface area (TPSA) is 38.7 Å². The van der Waals surface area contributed by atoms with Gasteiger partial charge in [-0.05, 0) is 16.0 Å². The van der Waals surface area contributed by atoms with Crippen molar-refractivity contribution in [1.29, 1.82) is 0 Å². The van der Waals surface area contributed by atoms with E-state index in [9.17, 15) is 4.79 Å². The molecular formula is C4H10NO2P3.